The first-order chi connectivity index (χ1) is 14.0. The molecule has 156 valence electrons. The average molecular weight is 417 g/mol. The van der Waals surface area contributed by atoms with Crippen molar-refractivity contribution in [3.63, 3.8) is 0 Å². The molecule has 1 aliphatic rings. The molecule has 2 heterocycles. The fourth-order valence-electron chi connectivity index (χ4n) is 3.80. The van der Waals surface area contributed by atoms with Crippen molar-refractivity contribution >= 4 is 23.2 Å². The van der Waals surface area contributed by atoms with Crippen LogP contribution < -0.4 is 14.8 Å². The van der Waals surface area contributed by atoms with E-state index >= 15 is 0 Å². The van der Waals surface area contributed by atoms with Crippen LogP contribution in [0.2, 0.25) is 0 Å². The summed E-state index contributed by atoms with van der Waals surface area (Å²) in [4.78, 5) is 29.0. The summed E-state index contributed by atoms with van der Waals surface area (Å²) in [6.45, 7) is 4.77. The quantitative estimate of drug-likeness (QED) is 0.747. The Hall–Kier alpha value is -2.54. The van der Waals surface area contributed by atoms with E-state index in [0.717, 1.165) is 30.4 Å². The van der Waals surface area contributed by atoms with Crippen molar-refractivity contribution < 1.29 is 19.1 Å². The molecule has 0 aliphatic carbocycles. The SMILES string of the molecule is CCc1sc(C(=O)NCC(=O)N2CCC[C@@H]2c2ccc(OC)c(OC)c2)cc1C. The Balaban J connectivity index is 1.66. The molecular weight excluding hydrogens is 388 g/mol. The molecule has 0 unspecified atom stereocenters. The first-order valence-electron chi connectivity index (χ1n) is 9.87. The Labute approximate surface area is 175 Å². The smallest absolute Gasteiger partial charge is 0.261 e. The van der Waals surface area contributed by atoms with Crippen LogP contribution in [0.25, 0.3) is 0 Å². The van der Waals surface area contributed by atoms with Gasteiger partial charge >= 0.3 is 0 Å². The van der Waals surface area contributed by atoms with Crippen LogP contribution in [-0.4, -0.2) is 44.0 Å². The number of amides is 2. The van der Waals surface area contributed by atoms with E-state index in [1.807, 2.05) is 36.1 Å². The molecule has 0 saturated carbocycles. The van der Waals surface area contributed by atoms with E-state index < -0.39 is 0 Å². The van der Waals surface area contributed by atoms with Gasteiger partial charge in [0, 0.05) is 11.4 Å². The number of nitrogens with zero attached hydrogens (tertiary/aromatic N) is 1. The zero-order valence-electron chi connectivity index (χ0n) is 17.4. The van der Waals surface area contributed by atoms with Gasteiger partial charge < -0.3 is 19.7 Å². The first kappa shape index (κ1) is 21.2. The number of thiophene rings is 1. The number of aryl methyl sites for hydroxylation is 2. The highest BCUT2D eigenvalue weighted by molar-refractivity contribution is 7.14. The Bertz CT molecular complexity index is 893. The van der Waals surface area contributed by atoms with Crippen molar-refractivity contribution in [3.8, 4) is 11.5 Å². The van der Waals surface area contributed by atoms with Gasteiger partial charge in [-0.05, 0) is 55.5 Å². The highest BCUT2D eigenvalue weighted by Gasteiger charge is 2.30. The third-order valence-electron chi connectivity index (χ3n) is 5.33. The zero-order chi connectivity index (χ0) is 21.0. The van der Waals surface area contributed by atoms with Crippen LogP contribution in [0.15, 0.2) is 24.3 Å². The van der Waals surface area contributed by atoms with Crippen molar-refractivity contribution in [1.29, 1.82) is 0 Å². The lowest BCUT2D eigenvalue weighted by Crippen LogP contribution is -2.39. The van der Waals surface area contributed by atoms with Gasteiger partial charge in [-0.3, -0.25) is 9.59 Å². The number of methoxy groups -OCH3 is 2. The average Bonchev–Trinajstić information content (AvgIpc) is 3.37. The van der Waals surface area contributed by atoms with Gasteiger partial charge in [0.25, 0.3) is 5.91 Å². The standard InChI is InChI=1S/C22H28N2O4S/c1-5-19-14(2)11-20(29-19)22(26)23-13-21(25)24-10-6-7-16(24)15-8-9-17(27-3)18(12-15)28-4/h8-9,11-12,16H,5-7,10,13H2,1-4H3,(H,23,26)/t16-/m1/s1. The predicted molar refractivity (Wildman–Crippen MR) is 114 cm³/mol. The number of rotatable bonds is 7. The molecule has 2 amide bonds. The molecule has 1 N–H and O–H groups in total. The monoisotopic (exact) mass is 416 g/mol. The van der Waals surface area contributed by atoms with E-state index in [0.29, 0.717) is 22.9 Å². The molecule has 2 aromatic rings. The van der Waals surface area contributed by atoms with E-state index in [1.165, 1.54) is 16.2 Å². The summed E-state index contributed by atoms with van der Waals surface area (Å²) in [6, 6.07) is 7.63. The van der Waals surface area contributed by atoms with Gasteiger partial charge in [-0.15, -0.1) is 11.3 Å². The van der Waals surface area contributed by atoms with Gasteiger partial charge in [0.1, 0.15) is 0 Å². The first-order valence-corrected chi connectivity index (χ1v) is 10.7. The number of ether oxygens (including phenoxy) is 2. The fraction of sp³-hybridized carbons (Fsp3) is 0.455. The number of likely N-dealkylation sites (tertiary alicyclic amines) is 1. The number of nitrogens with one attached hydrogen (secondary N) is 1. The summed E-state index contributed by atoms with van der Waals surface area (Å²) >= 11 is 1.49. The van der Waals surface area contributed by atoms with Gasteiger partial charge in [0.05, 0.1) is 31.7 Å². The molecule has 0 radical (unpaired) electrons. The van der Waals surface area contributed by atoms with Crippen LogP contribution >= 0.6 is 11.3 Å². The molecule has 1 aliphatic heterocycles. The van der Waals surface area contributed by atoms with E-state index in [2.05, 4.69) is 12.2 Å². The van der Waals surface area contributed by atoms with E-state index in [9.17, 15) is 9.59 Å². The number of benzene rings is 1. The Morgan fingerprint density at radius 2 is 1.97 bits per heavy atom. The molecule has 0 bridgehead atoms. The van der Waals surface area contributed by atoms with Crippen molar-refractivity contribution in [2.24, 2.45) is 0 Å². The Morgan fingerprint density at radius 3 is 2.62 bits per heavy atom. The molecule has 0 spiro atoms. The molecule has 3 rings (SSSR count). The summed E-state index contributed by atoms with van der Waals surface area (Å²) in [7, 11) is 3.20. The van der Waals surface area contributed by atoms with E-state index in [4.69, 9.17) is 9.47 Å². The highest BCUT2D eigenvalue weighted by Crippen LogP contribution is 2.36. The Morgan fingerprint density at radius 1 is 1.21 bits per heavy atom. The van der Waals surface area contributed by atoms with Crippen molar-refractivity contribution in [1.82, 2.24) is 10.2 Å². The maximum Gasteiger partial charge on any atom is 0.261 e. The maximum absolute atomic E-state index is 12.8. The predicted octanol–water partition coefficient (Wildman–Crippen LogP) is 3.73. The van der Waals surface area contributed by atoms with Crippen LogP contribution in [0.4, 0.5) is 0 Å². The van der Waals surface area contributed by atoms with E-state index in [1.54, 1.807) is 14.2 Å². The van der Waals surface area contributed by atoms with Gasteiger partial charge in [-0.25, -0.2) is 0 Å². The van der Waals surface area contributed by atoms with Crippen LogP contribution in [0.3, 0.4) is 0 Å². The van der Waals surface area contributed by atoms with Gasteiger partial charge in [-0.1, -0.05) is 13.0 Å². The van der Waals surface area contributed by atoms with Crippen LogP contribution in [-0.2, 0) is 11.2 Å². The summed E-state index contributed by atoms with van der Waals surface area (Å²) in [5.74, 6) is 1.06. The number of hydrogen-bond acceptors (Lipinski definition) is 5. The largest absolute Gasteiger partial charge is 0.493 e. The molecule has 6 nitrogen and oxygen atoms in total. The lowest BCUT2D eigenvalue weighted by Gasteiger charge is -2.26. The number of carbonyl (C=O) groups is 2. The lowest BCUT2D eigenvalue weighted by molar-refractivity contribution is -0.131. The molecule has 1 fully saturated rings. The minimum atomic E-state index is -0.187. The van der Waals surface area contributed by atoms with Gasteiger partial charge in [0.15, 0.2) is 11.5 Å². The van der Waals surface area contributed by atoms with Gasteiger partial charge in [-0.2, -0.15) is 0 Å². The minimum absolute atomic E-state index is 0.00102. The summed E-state index contributed by atoms with van der Waals surface area (Å²) in [5, 5.41) is 2.79. The third-order valence-corrected chi connectivity index (χ3v) is 6.71. The summed E-state index contributed by atoms with van der Waals surface area (Å²) in [6.07, 6.45) is 2.73. The summed E-state index contributed by atoms with van der Waals surface area (Å²) in [5.41, 5.74) is 2.14. The van der Waals surface area contributed by atoms with Gasteiger partial charge in [0.2, 0.25) is 5.91 Å². The molecule has 1 aromatic carbocycles. The van der Waals surface area contributed by atoms with Crippen LogP contribution in [0.1, 0.15) is 51.5 Å². The fourth-order valence-corrected chi connectivity index (χ4v) is 4.83. The second-order valence-electron chi connectivity index (χ2n) is 7.11. The minimum Gasteiger partial charge on any atom is -0.493 e. The molecular formula is C22H28N2O4S. The molecule has 1 atom stereocenters. The highest BCUT2D eigenvalue weighted by atomic mass is 32.1. The second-order valence-corrected chi connectivity index (χ2v) is 8.25. The van der Waals surface area contributed by atoms with Crippen LogP contribution in [0.5, 0.6) is 11.5 Å². The van der Waals surface area contributed by atoms with E-state index in [-0.39, 0.29) is 24.4 Å². The summed E-state index contributed by atoms with van der Waals surface area (Å²) < 4.78 is 10.7. The van der Waals surface area contributed by atoms with Crippen molar-refractivity contribution in [3.05, 3.63) is 45.1 Å². The maximum atomic E-state index is 12.8. The zero-order valence-corrected chi connectivity index (χ0v) is 18.2. The number of carbonyl (C=O) groups excluding carboxylic acids is 2. The molecule has 1 aromatic heterocycles. The Kier molecular flexibility index (Phi) is 6.79. The van der Waals surface area contributed by atoms with Crippen molar-refractivity contribution in [2.45, 2.75) is 39.2 Å². The number of hydrogen-bond donors (Lipinski definition) is 1. The molecule has 7 heteroatoms. The van der Waals surface area contributed by atoms with Crippen molar-refractivity contribution in [2.75, 3.05) is 27.3 Å². The van der Waals surface area contributed by atoms with Crippen LogP contribution in [0, 0.1) is 6.92 Å². The molecule has 1 saturated heterocycles. The second kappa shape index (κ2) is 9.31. The molecule has 29 heavy (non-hydrogen) atoms. The lowest BCUT2D eigenvalue weighted by atomic mass is 10.0. The normalized spacial score (nSPS) is 16.0. The topological polar surface area (TPSA) is 67.9 Å². The third kappa shape index (κ3) is 4.56.